The van der Waals surface area contributed by atoms with Crippen molar-refractivity contribution in [3.63, 3.8) is 0 Å². The Labute approximate surface area is 114 Å². The summed E-state index contributed by atoms with van der Waals surface area (Å²) in [7, 11) is 0. The van der Waals surface area contributed by atoms with Crippen molar-refractivity contribution in [2.45, 2.75) is 11.2 Å². The number of fused-ring (bicyclic) bond motifs is 1. The Kier molecular flexibility index (Phi) is 2.74. The molecule has 1 fully saturated rings. The second-order valence-electron chi connectivity index (χ2n) is 4.56. The Morgan fingerprint density at radius 2 is 1.89 bits per heavy atom. The van der Waals surface area contributed by atoms with Crippen molar-refractivity contribution in [3.8, 4) is 0 Å². The molecule has 0 spiro atoms. The zero-order valence-electron chi connectivity index (χ0n) is 9.77. The van der Waals surface area contributed by atoms with E-state index in [0.29, 0.717) is 18.7 Å². The molecule has 1 saturated heterocycles. The third-order valence-electron chi connectivity index (χ3n) is 3.26. The highest BCUT2D eigenvalue weighted by Crippen LogP contribution is 2.33. The van der Waals surface area contributed by atoms with E-state index in [1.807, 2.05) is 36.4 Å². The topological polar surface area (TPSA) is 46.3 Å². The fraction of sp³-hybridized carbons (Fsp3) is 0.214. The highest BCUT2D eigenvalue weighted by Gasteiger charge is 2.29. The predicted octanol–water partition coefficient (Wildman–Crippen LogP) is 2.92. The standard InChI is InChI=1S/C14H13BrN2O/c15-11-7-14(18)17(8-11)13-6-10-4-2-1-3-9(10)5-12(13)16/h1-6,11H,7-8,16H2. The minimum Gasteiger partial charge on any atom is -0.397 e. The molecule has 2 aromatic carbocycles. The van der Waals surface area contributed by atoms with Gasteiger partial charge in [-0.3, -0.25) is 4.79 Å². The van der Waals surface area contributed by atoms with Crippen LogP contribution in [0.5, 0.6) is 0 Å². The van der Waals surface area contributed by atoms with Gasteiger partial charge < -0.3 is 10.6 Å². The molecule has 0 bridgehead atoms. The number of hydrogen-bond donors (Lipinski definition) is 1. The predicted molar refractivity (Wildman–Crippen MR) is 78.0 cm³/mol. The molecule has 1 unspecified atom stereocenters. The smallest absolute Gasteiger partial charge is 0.228 e. The number of nitrogens with two attached hydrogens (primary N) is 1. The number of alkyl halides is 1. The lowest BCUT2D eigenvalue weighted by molar-refractivity contribution is -0.117. The van der Waals surface area contributed by atoms with Gasteiger partial charge in [0, 0.05) is 17.8 Å². The Balaban J connectivity index is 2.11. The highest BCUT2D eigenvalue weighted by atomic mass is 79.9. The van der Waals surface area contributed by atoms with Crippen LogP contribution < -0.4 is 10.6 Å². The molecule has 0 radical (unpaired) electrons. The maximum atomic E-state index is 11.9. The largest absolute Gasteiger partial charge is 0.397 e. The van der Waals surface area contributed by atoms with Gasteiger partial charge in [-0.2, -0.15) is 0 Å². The van der Waals surface area contributed by atoms with E-state index >= 15 is 0 Å². The first-order chi connectivity index (χ1) is 8.65. The molecule has 4 heteroatoms. The number of nitrogens with zero attached hydrogens (tertiary/aromatic N) is 1. The molecule has 1 amide bonds. The van der Waals surface area contributed by atoms with Gasteiger partial charge in [-0.1, -0.05) is 40.2 Å². The third-order valence-corrected chi connectivity index (χ3v) is 3.88. The first-order valence-corrected chi connectivity index (χ1v) is 6.79. The van der Waals surface area contributed by atoms with E-state index in [1.165, 1.54) is 0 Å². The van der Waals surface area contributed by atoms with E-state index in [2.05, 4.69) is 15.9 Å². The van der Waals surface area contributed by atoms with Gasteiger partial charge in [-0.15, -0.1) is 0 Å². The minimum atomic E-state index is 0.124. The van der Waals surface area contributed by atoms with Crippen molar-refractivity contribution in [1.82, 2.24) is 0 Å². The van der Waals surface area contributed by atoms with Crippen LogP contribution in [0.1, 0.15) is 6.42 Å². The van der Waals surface area contributed by atoms with Crippen LogP contribution in [0.4, 0.5) is 11.4 Å². The molecule has 1 atom stereocenters. The lowest BCUT2D eigenvalue weighted by Crippen LogP contribution is -2.25. The van der Waals surface area contributed by atoms with Crippen molar-refractivity contribution >= 4 is 44.0 Å². The van der Waals surface area contributed by atoms with Gasteiger partial charge in [0.1, 0.15) is 0 Å². The quantitative estimate of drug-likeness (QED) is 0.650. The summed E-state index contributed by atoms with van der Waals surface area (Å²) in [6.45, 7) is 0.682. The molecular weight excluding hydrogens is 292 g/mol. The van der Waals surface area contributed by atoms with Crippen LogP contribution in [0, 0.1) is 0 Å². The van der Waals surface area contributed by atoms with Crippen LogP contribution >= 0.6 is 15.9 Å². The number of benzene rings is 2. The molecule has 2 aromatic rings. The minimum absolute atomic E-state index is 0.124. The first-order valence-electron chi connectivity index (χ1n) is 5.88. The van der Waals surface area contributed by atoms with E-state index in [1.54, 1.807) is 4.90 Å². The number of hydrogen-bond acceptors (Lipinski definition) is 2. The van der Waals surface area contributed by atoms with E-state index in [9.17, 15) is 4.79 Å². The van der Waals surface area contributed by atoms with Gasteiger partial charge >= 0.3 is 0 Å². The van der Waals surface area contributed by atoms with Crippen molar-refractivity contribution in [2.75, 3.05) is 17.2 Å². The van der Waals surface area contributed by atoms with Crippen LogP contribution in [0.25, 0.3) is 10.8 Å². The number of nitrogen functional groups attached to an aromatic ring is 1. The monoisotopic (exact) mass is 304 g/mol. The maximum Gasteiger partial charge on any atom is 0.228 e. The van der Waals surface area contributed by atoms with Crippen molar-refractivity contribution < 1.29 is 4.79 Å². The molecule has 0 saturated carbocycles. The lowest BCUT2D eigenvalue weighted by atomic mass is 10.1. The molecule has 2 N–H and O–H groups in total. The zero-order valence-corrected chi connectivity index (χ0v) is 11.4. The molecule has 92 valence electrons. The Morgan fingerprint density at radius 3 is 2.50 bits per heavy atom. The van der Waals surface area contributed by atoms with Gasteiger partial charge in [-0.05, 0) is 22.9 Å². The summed E-state index contributed by atoms with van der Waals surface area (Å²) in [6, 6.07) is 11.9. The van der Waals surface area contributed by atoms with E-state index in [-0.39, 0.29) is 10.7 Å². The van der Waals surface area contributed by atoms with Gasteiger partial charge in [0.15, 0.2) is 0 Å². The summed E-state index contributed by atoms with van der Waals surface area (Å²) in [5, 5.41) is 2.20. The second kappa shape index (κ2) is 4.28. The number of carbonyl (C=O) groups is 1. The van der Waals surface area contributed by atoms with Crippen LogP contribution in [0.15, 0.2) is 36.4 Å². The molecule has 3 nitrogen and oxygen atoms in total. The number of carbonyl (C=O) groups excluding carboxylic acids is 1. The highest BCUT2D eigenvalue weighted by molar-refractivity contribution is 9.09. The van der Waals surface area contributed by atoms with E-state index in [4.69, 9.17) is 5.73 Å². The SMILES string of the molecule is Nc1cc2ccccc2cc1N1CC(Br)CC1=O. The van der Waals surface area contributed by atoms with Gasteiger partial charge in [-0.25, -0.2) is 0 Å². The van der Waals surface area contributed by atoms with E-state index in [0.717, 1.165) is 16.5 Å². The number of rotatable bonds is 1. The molecule has 1 aliphatic rings. The molecule has 0 aliphatic carbocycles. The average molecular weight is 305 g/mol. The fourth-order valence-corrected chi connectivity index (χ4v) is 2.94. The number of amides is 1. The van der Waals surface area contributed by atoms with Crippen molar-refractivity contribution in [2.24, 2.45) is 0 Å². The fourth-order valence-electron chi connectivity index (χ4n) is 2.38. The molecule has 3 rings (SSSR count). The Morgan fingerprint density at radius 1 is 1.22 bits per heavy atom. The molecule has 1 heterocycles. The first kappa shape index (κ1) is 11.5. The Hall–Kier alpha value is -1.55. The molecule has 18 heavy (non-hydrogen) atoms. The van der Waals surface area contributed by atoms with Crippen LogP contribution in [0.3, 0.4) is 0 Å². The summed E-state index contributed by atoms with van der Waals surface area (Å²) >= 11 is 3.49. The summed E-state index contributed by atoms with van der Waals surface area (Å²) in [5.41, 5.74) is 7.54. The van der Waals surface area contributed by atoms with Gasteiger partial charge in [0.05, 0.1) is 11.4 Å². The van der Waals surface area contributed by atoms with E-state index < -0.39 is 0 Å². The van der Waals surface area contributed by atoms with Crippen molar-refractivity contribution in [3.05, 3.63) is 36.4 Å². The summed E-state index contributed by atoms with van der Waals surface area (Å²) in [4.78, 5) is 13.9. The second-order valence-corrected chi connectivity index (χ2v) is 5.86. The van der Waals surface area contributed by atoms with Crippen LogP contribution in [-0.4, -0.2) is 17.3 Å². The summed E-state index contributed by atoms with van der Waals surface area (Å²) < 4.78 is 0. The normalized spacial score (nSPS) is 19.7. The molecule has 1 aliphatic heterocycles. The van der Waals surface area contributed by atoms with Crippen LogP contribution in [-0.2, 0) is 4.79 Å². The maximum absolute atomic E-state index is 11.9. The average Bonchev–Trinajstić information content (AvgIpc) is 2.67. The third kappa shape index (κ3) is 1.86. The van der Waals surface area contributed by atoms with Crippen LogP contribution in [0.2, 0.25) is 0 Å². The van der Waals surface area contributed by atoms with Crippen molar-refractivity contribution in [1.29, 1.82) is 0 Å². The Bertz CT molecular complexity index is 626. The number of halogens is 1. The zero-order chi connectivity index (χ0) is 12.7. The summed E-state index contributed by atoms with van der Waals surface area (Å²) in [6.07, 6.45) is 0.534. The van der Waals surface area contributed by atoms with Gasteiger partial charge in [0.2, 0.25) is 5.91 Å². The summed E-state index contributed by atoms with van der Waals surface area (Å²) in [5.74, 6) is 0.124. The lowest BCUT2D eigenvalue weighted by Gasteiger charge is -2.19. The number of anilines is 2. The van der Waals surface area contributed by atoms with Gasteiger partial charge in [0.25, 0.3) is 0 Å². The molecule has 0 aromatic heterocycles. The molecular formula is C14H13BrN2O.